The van der Waals surface area contributed by atoms with E-state index in [-0.39, 0.29) is 0 Å². The Morgan fingerprint density at radius 1 is 1.05 bits per heavy atom. The van der Waals surface area contributed by atoms with Gasteiger partial charge in [0.15, 0.2) is 0 Å². The van der Waals surface area contributed by atoms with Crippen LogP contribution in [0.3, 0.4) is 0 Å². The molecule has 2 aromatic carbocycles. The number of benzene rings is 2. The first kappa shape index (κ1) is 14.3. The van der Waals surface area contributed by atoms with Crippen LogP contribution in [-0.2, 0) is 6.42 Å². The lowest BCUT2D eigenvalue weighted by molar-refractivity contribution is 0.591. The van der Waals surface area contributed by atoms with Crippen molar-refractivity contribution in [1.82, 2.24) is 5.32 Å². The Morgan fingerprint density at radius 3 is 2.47 bits per heavy atom. The van der Waals surface area contributed by atoms with Gasteiger partial charge in [-0.1, -0.05) is 46.3 Å². The number of hydrogen-bond donors (Lipinski definition) is 1. The highest BCUT2D eigenvalue weighted by atomic mass is 79.9. The molecular formula is C17H20BrN. The topological polar surface area (TPSA) is 12.0 Å². The zero-order valence-electron chi connectivity index (χ0n) is 11.7. The standard InChI is InChI=1S/C17H20BrN/c1-12-7-8-14(9-13(12)2)10-17(19-3)15-5-4-6-16(18)11-15/h4-9,11,17,19H,10H2,1-3H3. The summed E-state index contributed by atoms with van der Waals surface area (Å²) in [6.45, 7) is 4.33. The summed E-state index contributed by atoms with van der Waals surface area (Å²) >= 11 is 3.54. The molecule has 0 aliphatic carbocycles. The first-order valence-corrected chi connectivity index (χ1v) is 7.38. The molecule has 1 nitrogen and oxygen atoms in total. The van der Waals surface area contributed by atoms with E-state index in [1.165, 1.54) is 22.3 Å². The van der Waals surface area contributed by atoms with Gasteiger partial charge in [-0.25, -0.2) is 0 Å². The normalized spacial score (nSPS) is 12.4. The smallest absolute Gasteiger partial charge is 0.0358 e. The van der Waals surface area contributed by atoms with Crippen LogP contribution in [-0.4, -0.2) is 7.05 Å². The number of rotatable bonds is 4. The van der Waals surface area contributed by atoms with Gasteiger partial charge in [0.25, 0.3) is 0 Å². The van der Waals surface area contributed by atoms with Gasteiger partial charge in [-0.15, -0.1) is 0 Å². The number of hydrogen-bond acceptors (Lipinski definition) is 1. The highest BCUT2D eigenvalue weighted by Gasteiger charge is 2.10. The van der Waals surface area contributed by atoms with Crippen molar-refractivity contribution in [2.75, 3.05) is 7.05 Å². The van der Waals surface area contributed by atoms with Crippen molar-refractivity contribution in [3.8, 4) is 0 Å². The van der Waals surface area contributed by atoms with E-state index >= 15 is 0 Å². The van der Waals surface area contributed by atoms with Crippen LogP contribution >= 0.6 is 15.9 Å². The van der Waals surface area contributed by atoms with Crippen LogP contribution in [0.15, 0.2) is 46.9 Å². The van der Waals surface area contributed by atoms with Crippen molar-refractivity contribution in [3.05, 3.63) is 69.2 Å². The predicted octanol–water partition coefficient (Wildman–Crippen LogP) is 4.57. The lowest BCUT2D eigenvalue weighted by atomic mass is 9.97. The van der Waals surface area contributed by atoms with Gasteiger partial charge in [0.1, 0.15) is 0 Å². The maximum Gasteiger partial charge on any atom is 0.0358 e. The first-order chi connectivity index (χ1) is 9.10. The highest BCUT2D eigenvalue weighted by molar-refractivity contribution is 9.10. The van der Waals surface area contributed by atoms with E-state index in [0.29, 0.717) is 6.04 Å². The van der Waals surface area contributed by atoms with Crippen molar-refractivity contribution in [1.29, 1.82) is 0 Å². The molecule has 100 valence electrons. The van der Waals surface area contributed by atoms with Gasteiger partial charge in [0.05, 0.1) is 0 Å². The summed E-state index contributed by atoms with van der Waals surface area (Å²) < 4.78 is 1.13. The predicted molar refractivity (Wildman–Crippen MR) is 85.6 cm³/mol. The maximum atomic E-state index is 3.54. The molecule has 2 rings (SSSR count). The van der Waals surface area contributed by atoms with Crippen LogP contribution in [0.5, 0.6) is 0 Å². The molecule has 0 saturated carbocycles. The van der Waals surface area contributed by atoms with Crippen LogP contribution in [0, 0.1) is 13.8 Å². The summed E-state index contributed by atoms with van der Waals surface area (Å²) in [5.41, 5.74) is 5.41. The SMILES string of the molecule is CNC(Cc1ccc(C)c(C)c1)c1cccc(Br)c1. The van der Waals surface area contributed by atoms with E-state index in [0.717, 1.165) is 10.9 Å². The molecule has 0 spiro atoms. The summed E-state index contributed by atoms with van der Waals surface area (Å²) in [5, 5.41) is 3.41. The third-order valence-corrected chi connectivity index (χ3v) is 4.10. The first-order valence-electron chi connectivity index (χ1n) is 6.59. The minimum Gasteiger partial charge on any atom is -0.313 e. The van der Waals surface area contributed by atoms with E-state index in [2.05, 4.69) is 77.6 Å². The van der Waals surface area contributed by atoms with E-state index < -0.39 is 0 Å². The molecule has 0 saturated heterocycles. The van der Waals surface area contributed by atoms with Crippen molar-refractivity contribution < 1.29 is 0 Å². The zero-order valence-corrected chi connectivity index (χ0v) is 13.3. The van der Waals surface area contributed by atoms with E-state index in [1.807, 2.05) is 7.05 Å². The lowest BCUT2D eigenvalue weighted by Crippen LogP contribution is -2.18. The number of nitrogens with one attached hydrogen (secondary N) is 1. The second-order valence-electron chi connectivity index (χ2n) is 5.02. The molecule has 1 unspecified atom stereocenters. The van der Waals surface area contributed by atoms with Gasteiger partial charge in [-0.3, -0.25) is 0 Å². The second kappa shape index (κ2) is 6.36. The Balaban J connectivity index is 2.21. The van der Waals surface area contributed by atoms with Gasteiger partial charge in [-0.05, 0) is 61.7 Å². The number of aryl methyl sites for hydroxylation is 2. The lowest BCUT2D eigenvalue weighted by Gasteiger charge is -2.17. The summed E-state index contributed by atoms with van der Waals surface area (Å²) in [6, 6.07) is 15.6. The third kappa shape index (κ3) is 3.68. The average molecular weight is 318 g/mol. The molecular weight excluding hydrogens is 298 g/mol. The molecule has 19 heavy (non-hydrogen) atoms. The van der Waals surface area contributed by atoms with Crippen molar-refractivity contribution in [2.24, 2.45) is 0 Å². The Hall–Kier alpha value is -1.12. The second-order valence-corrected chi connectivity index (χ2v) is 5.93. The summed E-state index contributed by atoms with van der Waals surface area (Å²) in [4.78, 5) is 0. The van der Waals surface area contributed by atoms with Crippen LogP contribution in [0.4, 0.5) is 0 Å². The number of halogens is 1. The van der Waals surface area contributed by atoms with Crippen LogP contribution < -0.4 is 5.32 Å². The van der Waals surface area contributed by atoms with Gasteiger partial charge in [0.2, 0.25) is 0 Å². The summed E-state index contributed by atoms with van der Waals surface area (Å²) in [7, 11) is 2.02. The summed E-state index contributed by atoms with van der Waals surface area (Å²) in [6.07, 6.45) is 1.01. The molecule has 0 aromatic heterocycles. The minimum atomic E-state index is 0.347. The molecule has 0 heterocycles. The average Bonchev–Trinajstić information content (AvgIpc) is 2.40. The fourth-order valence-corrected chi connectivity index (χ4v) is 2.69. The summed E-state index contributed by atoms with van der Waals surface area (Å²) in [5.74, 6) is 0. The molecule has 0 bridgehead atoms. The molecule has 2 aromatic rings. The van der Waals surface area contributed by atoms with Gasteiger partial charge >= 0.3 is 0 Å². The monoisotopic (exact) mass is 317 g/mol. The maximum absolute atomic E-state index is 3.54. The van der Waals surface area contributed by atoms with Gasteiger partial charge < -0.3 is 5.32 Å². The quantitative estimate of drug-likeness (QED) is 0.871. The van der Waals surface area contributed by atoms with Gasteiger partial charge in [0, 0.05) is 10.5 Å². The fraction of sp³-hybridized carbons (Fsp3) is 0.294. The number of likely N-dealkylation sites (N-methyl/N-ethyl adjacent to an activating group) is 1. The largest absolute Gasteiger partial charge is 0.313 e. The Labute approximate surface area is 124 Å². The van der Waals surface area contributed by atoms with Crippen molar-refractivity contribution in [2.45, 2.75) is 26.3 Å². The van der Waals surface area contributed by atoms with E-state index in [4.69, 9.17) is 0 Å². The van der Waals surface area contributed by atoms with Crippen LogP contribution in [0.25, 0.3) is 0 Å². The van der Waals surface area contributed by atoms with E-state index in [9.17, 15) is 0 Å². The third-order valence-electron chi connectivity index (χ3n) is 3.61. The molecule has 0 aliphatic rings. The minimum absolute atomic E-state index is 0.347. The molecule has 0 aliphatic heterocycles. The van der Waals surface area contributed by atoms with Crippen LogP contribution in [0.1, 0.15) is 28.3 Å². The molecule has 0 fully saturated rings. The molecule has 2 heteroatoms. The van der Waals surface area contributed by atoms with Crippen molar-refractivity contribution in [3.63, 3.8) is 0 Å². The molecule has 0 amide bonds. The van der Waals surface area contributed by atoms with Crippen LogP contribution in [0.2, 0.25) is 0 Å². The fourth-order valence-electron chi connectivity index (χ4n) is 2.28. The molecule has 1 atom stereocenters. The van der Waals surface area contributed by atoms with E-state index in [1.54, 1.807) is 0 Å². The Bertz CT molecular complexity index is 563. The Kier molecular flexibility index (Phi) is 4.78. The molecule has 1 N–H and O–H groups in total. The zero-order chi connectivity index (χ0) is 13.8. The Morgan fingerprint density at radius 2 is 1.84 bits per heavy atom. The molecule has 0 radical (unpaired) electrons. The van der Waals surface area contributed by atoms with Crippen molar-refractivity contribution >= 4 is 15.9 Å². The highest BCUT2D eigenvalue weighted by Crippen LogP contribution is 2.22. The van der Waals surface area contributed by atoms with Gasteiger partial charge in [-0.2, -0.15) is 0 Å².